The van der Waals surface area contributed by atoms with E-state index >= 15 is 0 Å². The third-order valence-electron chi connectivity index (χ3n) is 3.90. The molecule has 0 atom stereocenters. The van der Waals surface area contributed by atoms with E-state index in [4.69, 9.17) is 23.2 Å². The van der Waals surface area contributed by atoms with Gasteiger partial charge in [0.05, 0.1) is 11.4 Å². The number of carbonyl (C=O) groups is 2. The van der Waals surface area contributed by atoms with Gasteiger partial charge in [0.15, 0.2) is 0 Å². The maximum atomic E-state index is 12.6. The molecule has 25 heavy (non-hydrogen) atoms. The SMILES string of the molecule is CCc1ccc(/C=C2\SC(=O)N(Cc3ccc(Cl)cc3Cl)C2=O)cc1. The number of imide groups is 1. The largest absolute Gasteiger partial charge is 0.293 e. The van der Waals surface area contributed by atoms with Crippen molar-refractivity contribution in [2.75, 3.05) is 0 Å². The molecular weight excluding hydrogens is 377 g/mol. The van der Waals surface area contributed by atoms with Crippen LogP contribution < -0.4 is 0 Å². The summed E-state index contributed by atoms with van der Waals surface area (Å²) in [6.07, 6.45) is 2.70. The average Bonchev–Trinajstić information content (AvgIpc) is 2.85. The van der Waals surface area contributed by atoms with E-state index in [1.165, 1.54) is 10.5 Å². The summed E-state index contributed by atoms with van der Waals surface area (Å²) in [5, 5.41) is 0.649. The van der Waals surface area contributed by atoms with Gasteiger partial charge in [0.1, 0.15) is 0 Å². The first-order valence-corrected chi connectivity index (χ1v) is 9.33. The minimum absolute atomic E-state index is 0.132. The number of rotatable bonds is 4. The molecule has 128 valence electrons. The van der Waals surface area contributed by atoms with Gasteiger partial charge in [-0.25, -0.2) is 0 Å². The first-order valence-electron chi connectivity index (χ1n) is 7.76. The summed E-state index contributed by atoms with van der Waals surface area (Å²) in [7, 11) is 0. The van der Waals surface area contributed by atoms with E-state index in [2.05, 4.69) is 6.92 Å². The quantitative estimate of drug-likeness (QED) is 0.618. The van der Waals surface area contributed by atoms with Gasteiger partial charge in [0.2, 0.25) is 0 Å². The predicted molar refractivity (Wildman–Crippen MR) is 104 cm³/mol. The van der Waals surface area contributed by atoms with Crippen molar-refractivity contribution in [1.29, 1.82) is 0 Å². The second-order valence-corrected chi connectivity index (χ2v) is 7.44. The van der Waals surface area contributed by atoms with Crippen LogP contribution in [0.3, 0.4) is 0 Å². The molecule has 0 unspecified atom stereocenters. The molecule has 0 aliphatic carbocycles. The lowest BCUT2D eigenvalue weighted by atomic mass is 10.1. The zero-order valence-electron chi connectivity index (χ0n) is 13.5. The van der Waals surface area contributed by atoms with Crippen LogP contribution in [0.5, 0.6) is 0 Å². The number of amides is 2. The molecule has 1 fully saturated rings. The van der Waals surface area contributed by atoms with Gasteiger partial charge in [0, 0.05) is 10.0 Å². The molecule has 0 radical (unpaired) electrons. The maximum absolute atomic E-state index is 12.6. The van der Waals surface area contributed by atoms with E-state index in [0.29, 0.717) is 20.5 Å². The summed E-state index contributed by atoms with van der Waals surface area (Å²) in [5.41, 5.74) is 2.80. The topological polar surface area (TPSA) is 37.4 Å². The first kappa shape index (κ1) is 18.1. The highest BCUT2D eigenvalue weighted by Gasteiger charge is 2.35. The van der Waals surface area contributed by atoms with E-state index in [1.54, 1.807) is 24.3 Å². The van der Waals surface area contributed by atoms with Crippen LogP contribution in [-0.4, -0.2) is 16.0 Å². The highest BCUT2D eigenvalue weighted by atomic mass is 35.5. The van der Waals surface area contributed by atoms with Crippen molar-refractivity contribution in [1.82, 2.24) is 4.90 Å². The van der Waals surface area contributed by atoms with Crippen molar-refractivity contribution in [3.63, 3.8) is 0 Å². The van der Waals surface area contributed by atoms with Gasteiger partial charge in [-0.2, -0.15) is 0 Å². The summed E-state index contributed by atoms with van der Waals surface area (Å²) in [6, 6.07) is 12.9. The van der Waals surface area contributed by atoms with Gasteiger partial charge in [-0.05, 0) is 53.1 Å². The molecule has 1 heterocycles. The van der Waals surface area contributed by atoms with Gasteiger partial charge >= 0.3 is 0 Å². The molecule has 2 aromatic carbocycles. The minimum atomic E-state index is -0.305. The van der Waals surface area contributed by atoms with E-state index in [1.807, 2.05) is 24.3 Å². The van der Waals surface area contributed by atoms with Crippen LogP contribution in [0.1, 0.15) is 23.6 Å². The molecule has 1 aliphatic heterocycles. The normalized spacial score (nSPS) is 16.1. The maximum Gasteiger partial charge on any atom is 0.293 e. The Morgan fingerprint density at radius 3 is 2.44 bits per heavy atom. The highest BCUT2D eigenvalue weighted by Crippen LogP contribution is 2.34. The number of hydrogen-bond acceptors (Lipinski definition) is 3. The molecule has 1 aliphatic rings. The van der Waals surface area contributed by atoms with Crippen molar-refractivity contribution < 1.29 is 9.59 Å². The van der Waals surface area contributed by atoms with Crippen molar-refractivity contribution in [3.05, 3.63) is 74.1 Å². The molecule has 0 bridgehead atoms. The summed E-state index contributed by atoms with van der Waals surface area (Å²) < 4.78 is 0. The van der Waals surface area contributed by atoms with Crippen LogP contribution in [0.25, 0.3) is 6.08 Å². The van der Waals surface area contributed by atoms with E-state index in [0.717, 1.165) is 23.7 Å². The number of benzene rings is 2. The fourth-order valence-corrected chi connectivity index (χ4v) is 3.76. The number of thioether (sulfide) groups is 1. The zero-order chi connectivity index (χ0) is 18.0. The molecule has 0 saturated carbocycles. The average molecular weight is 392 g/mol. The Hall–Kier alpha value is -1.75. The molecule has 6 heteroatoms. The summed E-state index contributed by atoms with van der Waals surface area (Å²) in [4.78, 5) is 26.4. The number of carbonyl (C=O) groups excluding carboxylic acids is 2. The highest BCUT2D eigenvalue weighted by molar-refractivity contribution is 8.18. The monoisotopic (exact) mass is 391 g/mol. The standard InChI is InChI=1S/C19H15Cl2NO2S/c1-2-12-3-5-13(6-4-12)9-17-18(23)22(19(24)25-17)11-14-7-8-15(20)10-16(14)21/h3-10H,2,11H2,1H3/b17-9-. The third kappa shape index (κ3) is 4.09. The third-order valence-corrected chi connectivity index (χ3v) is 5.40. The summed E-state index contributed by atoms with van der Waals surface area (Å²) in [6.45, 7) is 2.22. The molecule has 0 aromatic heterocycles. The van der Waals surface area contributed by atoms with Gasteiger partial charge in [-0.3, -0.25) is 14.5 Å². The van der Waals surface area contributed by atoms with Crippen LogP contribution in [0.2, 0.25) is 10.0 Å². The molecule has 3 rings (SSSR count). The Bertz CT molecular complexity index is 862. The first-order chi connectivity index (χ1) is 12.0. The minimum Gasteiger partial charge on any atom is -0.268 e. The zero-order valence-corrected chi connectivity index (χ0v) is 15.8. The Kier molecular flexibility index (Phi) is 5.52. The summed E-state index contributed by atoms with van der Waals surface area (Å²) in [5.74, 6) is -0.305. The second kappa shape index (κ2) is 7.65. The van der Waals surface area contributed by atoms with Crippen molar-refractivity contribution in [3.8, 4) is 0 Å². The predicted octanol–water partition coefficient (Wildman–Crippen LogP) is 5.79. The van der Waals surface area contributed by atoms with Crippen LogP contribution >= 0.6 is 35.0 Å². The van der Waals surface area contributed by atoms with Crippen molar-refractivity contribution >= 4 is 52.2 Å². The lowest BCUT2D eigenvalue weighted by Crippen LogP contribution is -2.27. The number of hydrogen-bond donors (Lipinski definition) is 0. The second-order valence-electron chi connectivity index (χ2n) is 5.60. The van der Waals surface area contributed by atoms with Crippen molar-refractivity contribution in [2.45, 2.75) is 19.9 Å². The fourth-order valence-electron chi connectivity index (χ4n) is 2.46. The van der Waals surface area contributed by atoms with Gasteiger partial charge in [0.25, 0.3) is 11.1 Å². The smallest absolute Gasteiger partial charge is 0.268 e. The van der Waals surface area contributed by atoms with Crippen LogP contribution in [0.15, 0.2) is 47.4 Å². The molecular formula is C19H15Cl2NO2S. The van der Waals surface area contributed by atoms with Gasteiger partial charge in [-0.1, -0.05) is 60.5 Å². The van der Waals surface area contributed by atoms with Crippen molar-refractivity contribution in [2.24, 2.45) is 0 Å². The number of nitrogens with zero attached hydrogens (tertiary/aromatic N) is 1. The Morgan fingerprint density at radius 2 is 1.80 bits per heavy atom. The van der Waals surface area contributed by atoms with E-state index < -0.39 is 0 Å². The number of aryl methyl sites for hydroxylation is 1. The Labute approximate surface area is 160 Å². The molecule has 2 aromatic rings. The van der Waals surface area contributed by atoms with Crippen LogP contribution in [0.4, 0.5) is 4.79 Å². The number of halogens is 2. The van der Waals surface area contributed by atoms with E-state index in [9.17, 15) is 9.59 Å². The van der Waals surface area contributed by atoms with Gasteiger partial charge in [-0.15, -0.1) is 0 Å². The van der Waals surface area contributed by atoms with Crippen LogP contribution in [-0.2, 0) is 17.8 Å². The molecule has 3 nitrogen and oxygen atoms in total. The Balaban J connectivity index is 1.80. The van der Waals surface area contributed by atoms with Gasteiger partial charge < -0.3 is 0 Å². The molecule has 0 spiro atoms. The van der Waals surface area contributed by atoms with E-state index in [-0.39, 0.29) is 17.7 Å². The van der Waals surface area contributed by atoms with Crippen LogP contribution in [0, 0.1) is 0 Å². The lowest BCUT2D eigenvalue weighted by Gasteiger charge is -2.13. The fraction of sp³-hybridized carbons (Fsp3) is 0.158. The molecule has 2 amide bonds. The Morgan fingerprint density at radius 1 is 1.08 bits per heavy atom. The molecule has 1 saturated heterocycles. The summed E-state index contributed by atoms with van der Waals surface area (Å²) >= 11 is 13.0. The molecule has 0 N–H and O–H groups in total. The lowest BCUT2D eigenvalue weighted by molar-refractivity contribution is -0.123.